The molecule has 0 unspecified atom stereocenters. The van der Waals surface area contributed by atoms with Crippen LogP contribution in [0.1, 0.15) is 21.5 Å². The molecular weight excluding hydrogens is 266 g/mol. The summed E-state index contributed by atoms with van der Waals surface area (Å²) >= 11 is 0. The molecular formula is C17H17NO3. The van der Waals surface area contributed by atoms with Crippen LogP contribution in [0.5, 0.6) is 5.75 Å². The normalized spacial score (nSPS) is 13.6. The molecule has 4 nitrogen and oxygen atoms in total. The third kappa shape index (κ3) is 2.50. The summed E-state index contributed by atoms with van der Waals surface area (Å²) in [4.78, 5) is 11.2. The molecule has 4 heteroatoms. The Balaban J connectivity index is 2.20. The number of aromatic carboxylic acids is 1. The second-order valence-electron chi connectivity index (χ2n) is 5.09. The second kappa shape index (κ2) is 5.58. The fraction of sp³-hybridized carbons (Fsp3) is 0.235. The molecule has 0 amide bonds. The van der Waals surface area contributed by atoms with Crippen molar-refractivity contribution in [3.63, 3.8) is 0 Å². The summed E-state index contributed by atoms with van der Waals surface area (Å²) < 4.78 is 5.50. The molecule has 2 N–H and O–H groups in total. The van der Waals surface area contributed by atoms with Crippen molar-refractivity contribution in [3.8, 4) is 16.9 Å². The fourth-order valence-electron chi connectivity index (χ4n) is 2.85. The van der Waals surface area contributed by atoms with Crippen LogP contribution in [0.2, 0.25) is 0 Å². The first-order chi connectivity index (χ1) is 10.2. The lowest BCUT2D eigenvalue weighted by atomic mass is 9.90. The zero-order valence-electron chi connectivity index (χ0n) is 11.8. The van der Waals surface area contributed by atoms with E-state index < -0.39 is 5.97 Å². The second-order valence-corrected chi connectivity index (χ2v) is 5.09. The molecule has 0 fully saturated rings. The van der Waals surface area contributed by atoms with Gasteiger partial charge < -0.3 is 15.2 Å². The van der Waals surface area contributed by atoms with Crippen LogP contribution in [0.3, 0.4) is 0 Å². The van der Waals surface area contributed by atoms with Crippen LogP contribution < -0.4 is 10.1 Å². The van der Waals surface area contributed by atoms with Crippen molar-refractivity contribution in [2.24, 2.45) is 0 Å². The molecule has 0 saturated heterocycles. The fourth-order valence-corrected chi connectivity index (χ4v) is 2.85. The Hall–Kier alpha value is -2.33. The molecule has 0 saturated carbocycles. The lowest BCUT2D eigenvalue weighted by molar-refractivity contribution is 0.0697. The van der Waals surface area contributed by atoms with Crippen LogP contribution in [0, 0.1) is 0 Å². The molecule has 1 heterocycles. The number of carboxylic acid groups (broad SMARTS) is 1. The molecule has 0 atom stereocenters. The zero-order chi connectivity index (χ0) is 14.8. The molecule has 2 aromatic rings. The minimum Gasteiger partial charge on any atom is -0.496 e. The third-order valence-corrected chi connectivity index (χ3v) is 3.86. The van der Waals surface area contributed by atoms with Gasteiger partial charge in [0.25, 0.3) is 0 Å². The van der Waals surface area contributed by atoms with Gasteiger partial charge in [0.15, 0.2) is 0 Å². The van der Waals surface area contributed by atoms with Crippen molar-refractivity contribution in [2.45, 2.75) is 13.0 Å². The molecule has 3 rings (SSSR count). The van der Waals surface area contributed by atoms with Gasteiger partial charge in [-0.05, 0) is 47.9 Å². The van der Waals surface area contributed by atoms with E-state index in [0.717, 1.165) is 36.4 Å². The molecule has 1 aliphatic heterocycles. The highest BCUT2D eigenvalue weighted by molar-refractivity contribution is 5.90. The van der Waals surface area contributed by atoms with E-state index in [1.54, 1.807) is 25.3 Å². The highest BCUT2D eigenvalue weighted by atomic mass is 16.5. The predicted molar refractivity (Wildman–Crippen MR) is 80.8 cm³/mol. The van der Waals surface area contributed by atoms with Gasteiger partial charge in [-0.15, -0.1) is 0 Å². The van der Waals surface area contributed by atoms with E-state index in [4.69, 9.17) is 4.74 Å². The number of nitrogens with one attached hydrogen (secondary N) is 1. The zero-order valence-corrected chi connectivity index (χ0v) is 11.8. The van der Waals surface area contributed by atoms with Crippen molar-refractivity contribution in [1.29, 1.82) is 0 Å². The topological polar surface area (TPSA) is 58.6 Å². The Kier molecular flexibility index (Phi) is 3.62. The molecule has 21 heavy (non-hydrogen) atoms. The Morgan fingerprint density at radius 1 is 1.29 bits per heavy atom. The lowest BCUT2D eigenvalue weighted by Gasteiger charge is -2.22. The predicted octanol–water partition coefficient (Wildman–Crippen LogP) is 2.71. The van der Waals surface area contributed by atoms with Gasteiger partial charge in [-0.3, -0.25) is 0 Å². The SMILES string of the molecule is COc1ccc2c(c1-c1cccc(C(=O)O)c1)CCNC2. The Morgan fingerprint density at radius 3 is 2.90 bits per heavy atom. The number of carboxylic acids is 1. The number of benzene rings is 2. The van der Waals surface area contributed by atoms with Gasteiger partial charge in [0.1, 0.15) is 5.75 Å². The van der Waals surface area contributed by atoms with Crippen LogP contribution in [-0.4, -0.2) is 24.7 Å². The van der Waals surface area contributed by atoms with Crippen LogP contribution in [0.15, 0.2) is 36.4 Å². The summed E-state index contributed by atoms with van der Waals surface area (Å²) in [7, 11) is 1.65. The van der Waals surface area contributed by atoms with Gasteiger partial charge in [-0.2, -0.15) is 0 Å². The van der Waals surface area contributed by atoms with E-state index >= 15 is 0 Å². The highest BCUT2D eigenvalue weighted by Crippen LogP contribution is 2.37. The van der Waals surface area contributed by atoms with E-state index in [9.17, 15) is 9.90 Å². The first-order valence-electron chi connectivity index (χ1n) is 6.94. The summed E-state index contributed by atoms with van der Waals surface area (Å²) in [6, 6.07) is 11.1. The first kappa shape index (κ1) is 13.6. The Bertz CT molecular complexity index is 694. The third-order valence-electron chi connectivity index (χ3n) is 3.86. The summed E-state index contributed by atoms with van der Waals surface area (Å²) in [5.74, 6) is -0.125. The monoisotopic (exact) mass is 283 g/mol. The number of methoxy groups -OCH3 is 1. The van der Waals surface area contributed by atoms with E-state index in [2.05, 4.69) is 11.4 Å². The molecule has 0 aromatic heterocycles. The number of carbonyl (C=O) groups is 1. The summed E-state index contributed by atoms with van der Waals surface area (Å²) in [5, 5.41) is 12.5. The smallest absolute Gasteiger partial charge is 0.335 e. The standard InChI is InChI=1S/C17H17NO3/c1-21-15-6-5-13-10-18-8-7-14(13)16(15)11-3-2-4-12(9-11)17(19)20/h2-6,9,18H,7-8,10H2,1H3,(H,19,20). The van der Waals surface area contributed by atoms with E-state index in [1.165, 1.54) is 11.1 Å². The highest BCUT2D eigenvalue weighted by Gasteiger charge is 2.18. The van der Waals surface area contributed by atoms with Crippen molar-refractivity contribution in [1.82, 2.24) is 5.32 Å². The largest absolute Gasteiger partial charge is 0.496 e. The molecule has 1 aliphatic rings. The number of rotatable bonds is 3. The van der Waals surface area contributed by atoms with Crippen molar-refractivity contribution >= 4 is 5.97 Å². The van der Waals surface area contributed by atoms with Gasteiger partial charge >= 0.3 is 5.97 Å². The number of ether oxygens (including phenoxy) is 1. The molecule has 2 aromatic carbocycles. The lowest BCUT2D eigenvalue weighted by Crippen LogP contribution is -2.24. The van der Waals surface area contributed by atoms with E-state index in [-0.39, 0.29) is 0 Å². The van der Waals surface area contributed by atoms with E-state index in [0.29, 0.717) is 5.56 Å². The quantitative estimate of drug-likeness (QED) is 0.909. The summed E-state index contributed by atoms with van der Waals surface area (Å²) in [5.41, 5.74) is 4.69. The number of hydrogen-bond acceptors (Lipinski definition) is 3. The summed E-state index contributed by atoms with van der Waals surface area (Å²) in [6.07, 6.45) is 0.916. The minimum absolute atomic E-state index is 0.293. The molecule has 0 bridgehead atoms. The van der Waals surface area contributed by atoms with Gasteiger partial charge in [-0.1, -0.05) is 18.2 Å². The van der Waals surface area contributed by atoms with Crippen molar-refractivity contribution in [2.75, 3.05) is 13.7 Å². The first-order valence-corrected chi connectivity index (χ1v) is 6.94. The van der Waals surface area contributed by atoms with Crippen LogP contribution in [0.4, 0.5) is 0 Å². The van der Waals surface area contributed by atoms with Crippen LogP contribution in [0.25, 0.3) is 11.1 Å². The molecule has 0 spiro atoms. The average Bonchev–Trinajstić information content (AvgIpc) is 2.53. The van der Waals surface area contributed by atoms with Gasteiger partial charge in [0, 0.05) is 12.1 Å². The number of hydrogen-bond donors (Lipinski definition) is 2. The van der Waals surface area contributed by atoms with Crippen molar-refractivity contribution < 1.29 is 14.6 Å². The Labute approximate surface area is 123 Å². The molecule has 108 valence electrons. The van der Waals surface area contributed by atoms with E-state index in [1.807, 2.05) is 12.1 Å². The van der Waals surface area contributed by atoms with Crippen molar-refractivity contribution in [3.05, 3.63) is 53.1 Å². The van der Waals surface area contributed by atoms with Gasteiger partial charge in [-0.25, -0.2) is 4.79 Å². The number of fused-ring (bicyclic) bond motifs is 1. The maximum atomic E-state index is 11.2. The van der Waals surface area contributed by atoms with Crippen LogP contribution >= 0.6 is 0 Å². The maximum absolute atomic E-state index is 11.2. The molecule has 0 radical (unpaired) electrons. The minimum atomic E-state index is -0.915. The average molecular weight is 283 g/mol. The maximum Gasteiger partial charge on any atom is 0.335 e. The molecule has 0 aliphatic carbocycles. The Morgan fingerprint density at radius 2 is 2.14 bits per heavy atom. The van der Waals surface area contributed by atoms with Gasteiger partial charge in [0.2, 0.25) is 0 Å². The van der Waals surface area contributed by atoms with Crippen LogP contribution in [-0.2, 0) is 13.0 Å². The van der Waals surface area contributed by atoms with Gasteiger partial charge in [0.05, 0.1) is 12.7 Å². The summed E-state index contributed by atoms with van der Waals surface area (Å²) in [6.45, 7) is 1.76.